The molecule has 1 aromatic carbocycles. The van der Waals surface area contributed by atoms with Crippen LogP contribution in [0.25, 0.3) is 0 Å². The van der Waals surface area contributed by atoms with Crippen molar-refractivity contribution >= 4 is 11.6 Å². The van der Waals surface area contributed by atoms with E-state index < -0.39 is 0 Å². The number of carbonyl (C=O) groups is 1. The predicted molar refractivity (Wildman–Crippen MR) is 76.9 cm³/mol. The van der Waals surface area contributed by atoms with E-state index in [1.807, 2.05) is 25.1 Å². The SMILES string of the molecule is CC(NC(C)c1ncn[nH]1)c1ccc2c(c1)NC(=O)CO2. The number of hydrogen-bond acceptors (Lipinski definition) is 5. The summed E-state index contributed by atoms with van der Waals surface area (Å²) in [5.41, 5.74) is 1.77. The van der Waals surface area contributed by atoms with Crippen LogP contribution in [0.5, 0.6) is 5.75 Å². The highest BCUT2D eigenvalue weighted by Gasteiger charge is 2.18. The molecule has 0 saturated carbocycles. The number of aromatic amines is 1. The lowest BCUT2D eigenvalue weighted by Crippen LogP contribution is -2.26. The summed E-state index contributed by atoms with van der Waals surface area (Å²) in [5.74, 6) is 1.36. The van der Waals surface area contributed by atoms with Crippen LogP contribution in [0, 0.1) is 0 Å². The van der Waals surface area contributed by atoms with Crippen LogP contribution in [-0.4, -0.2) is 27.7 Å². The number of nitrogens with one attached hydrogen (secondary N) is 3. The Morgan fingerprint density at radius 2 is 2.19 bits per heavy atom. The van der Waals surface area contributed by atoms with Gasteiger partial charge in [-0.1, -0.05) is 6.07 Å². The average Bonchev–Trinajstić information content (AvgIpc) is 3.00. The summed E-state index contributed by atoms with van der Waals surface area (Å²) < 4.78 is 5.35. The zero-order valence-electron chi connectivity index (χ0n) is 11.9. The molecular formula is C14H17N5O2. The summed E-state index contributed by atoms with van der Waals surface area (Å²) in [7, 11) is 0. The molecule has 0 radical (unpaired) electrons. The molecule has 3 N–H and O–H groups in total. The molecule has 0 fully saturated rings. The maximum absolute atomic E-state index is 11.4. The Morgan fingerprint density at radius 1 is 1.33 bits per heavy atom. The predicted octanol–water partition coefficient (Wildman–Crippen LogP) is 1.55. The van der Waals surface area contributed by atoms with Crippen molar-refractivity contribution in [2.75, 3.05) is 11.9 Å². The van der Waals surface area contributed by atoms with Gasteiger partial charge in [-0.15, -0.1) is 0 Å². The number of H-pyrrole nitrogens is 1. The second kappa shape index (κ2) is 5.53. The Hall–Kier alpha value is -2.41. The quantitative estimate of drug-likeness (QED) is 0.793. The maximum Gasteiger partial charge on any atom is 0.262 e. The summed E-state index contributed by atoms with van der Waals surface area (Å²) in [4.78, 5) is 15.5. The van der Waals surface area contributed by atoms with E-state index in [2.05, 4.69) is 32.7 Å². The Morgan fingerprint density at radius 3 is 2.95 bits per heavy atom. The van der Waals surface area contributed by atoms with E-state index in [9.17, 15) is 4.79 Å². The first kappa shape index (κ1) is 13.6. The van der Waals surface area contributed by atoms with Crippen molar-refractivity contribution in [1.82, 2.24) is 20.5 Å². The number of carbonyl (C=O) groups excluding carboxylic acids is 1. The molecule has 7 heteroatoms. The smallest absolute Gasteiger partial charge is 0.262 e. The molecule has 0 aliphatic carbocycles. The van der Waals surface area contributed by atoms with Gasteiger partial charge in [0.25, 0.3) is 5.91 Å². The summed E-state index contributed by atoms with van der Waals surface area (Å²) in [5, 5.41) is 12.9. The number of fused-ring (bicyclic) bond motifs is 1. The first-order valence-corrected chi connectivity index (χ1v) is 6.81. The molecule has 1 aromatic heterocycles. The number of anilines is 1. The molecule has 7 nitrogen and oxygen atoms in total. The Bertz CT molecular complexity index is 641. The van der Waals surface area contributed by atoms with Crippen molar-refractivity contribution in [2.45, 2.75) is 25.9 Å². The number of rotatable bonds is 4. The maximum atomic E-state index is 11.4. The fourth-order valence-corrected chi connectivity index (χ4v) is 2.34. The molecule has 2 atom stereocenters. The minimum atomic E-state index is -0.129. The fourth-order valence-electron chi connectivity index (χ4n) is 2.34. The highest BCUT2D eigenvalue weighted by atomic mass is 16.5. The van der Waals surface area contributed by atoms with Crippen molar-refractivity contribution < 1.29 is 9.53 Å². The normalized spacial score (nSPS) is 16.6. The molecule has 0 saturated heterocycles. The minimum Gasteiger partial charge on any atom is -0.482 e. The van der Waals surface area contributed by atoms with E-state index in [0.717, 1.165) is 11.4 Å². The zero-order valence-corrected chi connectivity index (χ0v) is 11.9. The second-order valence-electron chi connectivity index (χ2n) is 5.07. The van der Waals surface area contributed by atoms with Crippen molar-refractivity contribution in [3.8, 4) is 5.75 Å². The first-order chi connectivity index (χ1) is 10.1. The Labute approximate surface area is 122 Å². The van der Waals surface area contributed by atoms with E-state index in [4.69, 9.17) is 4.74 Å². The molecule has 2 unspecified atom stereocenters. The van der Waals surface area contributed by atoms with E-state index >= 15 is 0 Å². The molecule has 2 aromatic rings. The lowest BCUT2D eigenvalue weighted by Gasteiger charge is -2.22. The van der Waals surface area contributed by atoms with Crippen molar-refractivity contribution in [3.63, 3.8) is 0 Å². The lowest BCUT2D eigenvalue weighted by atomic mass is 10.1. The van der Waals surface area contributed by atoms with Crippen LogP contribution in [0.4, 0.5) is 5.69 Å². The Balaban J connectivity index is 1.74. The molecule has 110 valence electrons. The monoisotopic (exact) mass is 287 g/mol. The van der Waals surface area contributed by atoms with Crippen LogP contribution in [0.3, 0.4) is 0 Å². The molecule has 21 heavy (non-hydrogen) atoms. The molecule has 2 heterocycles. The van der Waals surface area contributed by atoms with Gasteiger partial charge < -0.3 is 15.4 Å². The van der Waals surface area contributed by atoms with Gasteiger partial charge in [-0.05, 0) is 31.5 Å². The van der Waals surface area contributed by atoms with Crippen LogP contribution < -0.4 is 15.4 Å². The topological polar surface area (TPSA) is 91.9 Å². The minimum absolute atomic E-state index is 0.0457. The van der Waals surface area contributed by atoms with Gasteiger partial charge in [-0.2, -0.15) is 5.10 Å². The number of amides is 1. The van der Waals surface area contributed by atoms with E-state index in [1.165, 1.54) is 6.33 Å². The Kier molecular flexibility index (Phi) is 3.57. The van der Waals surface area contributed by atoms with Crippen LogP contribution in [0.2, 0.25) is 0 Å². The van der Waals surface area contributed by atoms with Crippen molar-refractivity contribution in [3.05, 3.63) is 35.9 Å². The molecular weight excluding hydrogens is 270 g/mol. The third-order valence-corrected chi connectivity index (χ3v) is 3.48. The van der Waals surface area contributed by atoms with Crippen LogP contribution in [-0.2, 0) is 4.79 Å². The molecule has 0 spiro atoms. The molecule has 1 aliphatic heterocycles. The van der Waals surface area contributed by atoms with E-state index in [0.29, 0.717) is 11.4 Å². The molecule has 1 amide bonds. The number of nitrogens with zero attached hydrogens (tertiary/aromatic N) is 2. The summed E-state index contributed by atoms with van der Waals surface area (Å²) >= 11 is 0. The molecule has 3 rings (SSSR count). The van der Waals surface area contributed by atoms with Crippen LogP contribution in [0.15, 0.2) is 24.5 Å². The van der Waals surface area contributed by atoms with Gasteiger partial charge in [0.1, 0.15) is 17.9 Å². The summed E-state index contributed by atoms with van der Waals surface area (Å²) in [6.45, 7) is 4.14. The number of ether oxygens (including phenoxy) is 1. The zero-order chi connectivity index (χ0) is 14.8. The van der Waals surface area contributed by atoms with Gasteiger partial charge in [0.15, 0.2) is 6.61 Å². The van der Waals surface area contributed by atoms with Crippen molar-refractivity contribution in [1.29, 1.82) is 0 Å². The summed E-state index contributed by atoms with van der Waals surface area (Å²) in [6, 6.07) is 5.93. The second-order valence-corrected chi connectivity index (χ2v) is 5.07. The van der Waals surface area contributed by atoms with Crippen molar-refractivity contribution in [2.24, 2.45) is 0 Å². The third-order valence-electron chi connectivity index (χ3n) is 3.48. The summed E-state index contributed by atoms with van der Waals surface area (Å²) in [6.07, 6.45) is 1.49. The van der Waals surface area contributed by atoms with Gasteiger partial charge in [-0.25, -0.2) is 4.98 Å². The largest absolute Gasteiger partial charge is 0.482 e. The highest BCUT2D eigenvalue weighted by molar-refractivity contribution is 5.95. The number of hydrogen-bond donors (Lipinski definition) is 3. The van der Waals surface area contributed by atoms with Gasteiger partial charge >= 0.3 is 0 Å². The third kappa shape index (κ3) is 2.87. The van der Waals surface area contributed by atoms with Gasteiger partial charge in [0.2, 0.25) is 0 Å². The molecule has 1 aliphatic rings. The van der Waals surface area contributed by atoms with E-state index in [1.54, 1.807) is 0 Å². The van der Waals surface area contributed by atoms with Gasteiger partial charge in [0.05, 0.1) is 11.7 Å². The first-order valence-electron chi connectivity index (χ1n) is 6.81. The highest BCUT2D eigenvalue weighted by Crippen LogP contribution is 2.31. The molecule has 0 bridgehead atoms. The van der Waals surface area contributed by atoms with Crippen LogP contribution >= 0.6 is 0 Å². The average molecular weight is 287 g/mol. The van der Waals surface area contributed by atoms with Crippen LogP contribution in [0.1, 0.15) is 37.3 Å². The van der Waals surface area contributed by atoms with E-state index in [-0.39, 0.29) is 24.6 Å². The standard InChI is InChI=1S/C14H17N5O2/c1-8(17-9(2)14-15-7-16-19-14)10-3-4-12-11(5-10)18-13(20)6-21-12/h3-5,7-9,17H,6H2,1-2H3,(H,18,20)(H,15,16,19). The fraction of sp³-hybridized carbons (Fsp3) is 0.357. The van der Waals surface area contributed by atoms with Gasteiger partial charge in [0, 0.05) is 6.04 Å². The lowest BCUT2D eigenvalue weighted by molar-refractivity contribution is -0.118. The van der Waals surface area contributed by atoms with Gasteiger partial charge in [-0.3, -0.25) is 9.89 Å². The number of aromatic nitrogens is 3. The number of benzene rings is 1.